The lowest BCUT2D eigenvalue weighted by Gasteiger charge is -2.15. The standard InChI is InChI=1S/C8H19NO5S/c1-6(2)3-4-9-7(10)5-8(11)15(12,13)14/h6-11H,3-5H2,1-2H3,(H,12,13,14). The van der Waals surface area contributed by atoms with Crippen LogP contribution in [0.4, 0.5) is 0 Å². The zero-order valence-electron chi connectivity index (χ0n) is 8.92. The van der Waals surface area contributed by atoms with E-state index < -0.39 is 28.2 Å². The van der Waals surface area contributed by atoms with Crippen molar-refractivity contribution >= 4 is 10.1 Å². The van der Waals surface area contributed by atoms with Gasteiger partial charge in [0, 0.05) is 6.42 Å². The number of rotatable bonds is 7. The van der Waals surface area contributed by atoms with Gasteiger partial charge in [0.2, 0.25) is 0 Å². The third-order valence-corrected chi connectivity index (χ3v) is 2.75. The lowest BCUT2D eigenvalue weighted by Crippen LogP contribution is -2.36. The van der Waals surface area contributed by atoms with Crippen LogP contribution in [-0.4, -0.2) is 41.4 Å². The van der Waals surface area contributed by atoms with E-state index in [4.69, 9.17) is 9.66 Å². The zero-order valence-corrected chi connectivity index (χ0v) is 9.74. The van der Waals surface area contributed by atoms with Crippen LogP contribution in [0.1, 0.15) is 26.7 Å². The van der Waals surface area contributed by atoms with Gasteiger partial charge in [0.15, 0.2) is 5.44 Å². The molecule has 0 saturated heterocycles. The first-order valence-corrected chi connectivity index (χ1v) is 6.29. The molecule has 15 heavy (non-hydrogen) atoms. The summed E-state index contributed by atoms with van der Waals surface area (Å²) >= 11 is 0. The molecule has 0 fully saturated rings. The smallest absolute Gasteiger partial charge is 0.292 e. The van der Waals surface area contributed by atoms with Gasteiger partial charge in [-0.15, -0.1) is 0 Å². The Morgan fingerprint density at radius 1 is 1.27 bits per heavy atom. The predicted molar refractivity (Wildman–Crippen MR) is 55.6 cm³/mol. The summed E-state index contributed by atoms with van der Waals surface area (Å²) in [5, 5.41) is 20.8. The van der Waals surface area contributed by atoms with E-state index in [0.29, 0.717) is 12.5 Å². The molecule has 2 unspecified atom stereocenters. The van der Waals surface area contributed by atoms with Gasteiger partial charge in [-0.2, -0.15) is 8.42 Å². The van der Waals surface area contributed by atoms with E-state index in [2.05, 4.69) is 5.32 Å². The summed E-state index contributed by atoms with van der Waals surface area (Å²) in [6, 6.07) is 0. The monoisotopic (exact) mass is 241 g/mol. The maximum atomic E-state index is 10.4. The van der Waals surface area contributed by atoms with Gasteiger partial charge in [0.25, 0.3) is 10.1 Å². The SMILES string of the molecule is CC(C)CCNC(O)CC(O)S(=O)(=O)O. The highest BCUT2D eigenvalue weighted by Gasteiger charge is 2.22. The molecule has 2 atom stereocenters. The van der Waals surface area contributed by atoms with Crippen LogP contribution in [0.2, 0.25) is 0 Å². The summed E-state index contributed by atoms with van der Waals surface area (Å²) in [7, 11) is -4.48. The molecular weight excluding hydrogens is 222 g/mol. The molecular formula is C8H19NO5S. The highest BCUT2D eigenvalue weighted by atomic mass is 32.2. The van der Waals surface area contributed by atoms with E-state index in [0.717, 1.165) is 6.42 Å². The lowest BCUT2D eigenvalue weighted by atomic mass is 10.1. The maximum Gasteiger partial charge on any atom is 0.292 e. The Morgan fingerprint density at radius 3 is 2.20 bits per heavy atom. The van der Waals surface area contributed by atoms with Gasteiger partial charge in [0.1, 0.15) is 6.23 Å². The van der Waals surface area contributed by atoms with Crippen molar-refractivity contribution in [3.05, 3.63) is 0 Å². The Balaban J connectivity index is 3.79. The number of aliphatic hydroxyl groups excluding tert-OH is 2. The number of hydrogen-bond acceptors (Lipinski definition) is 5. The normalized spacial score (nSPS) is 16.7. The molecule has 0 spiro atoms. The summed E-state index contributed by atoms with van der Waals surface area (Å²) in [6.45, 7) is 4.55. The van der Waals surface area contributed by atoms with Crippen molar-refractivity contribution in [1.82, 2.24) is 5.32 Å². The van der Waals surface area contributed by atoms with Crippen LogP contribution >= 0.6 is 0 Å². The van der Waals surface area contributed by atoms with Gasteiger partial charge in [-0.1, -0.05) is 13.8 Å². The molecule has 0 aromatic rings. The molecule has 7 heteroatoms. The minimum atomic E-state index is -4.48. The van der Waals surface area contributed by atoms with Gasteiger partial charge in [-0.3, -0.25) is 9.87 Å². The molecule has 0 radical (unpaired) electrons. The molecule has 0 heterocycles. The van der Waals surface area contributed by atoms with Crippen LogP contribution in [0, 0.1) is 5.92 Å². The highest BCUT2D eigenvalue weighted by molar-refractivity contribution is 7.86. The molecule has 0 aromatic carbocycles. The van der Waals surface area contributed by atoms with Gasteiger partial charge < -0.3 is 10.2 Å². The average molecular weight is 241 g/mol. The van der Waals surface area contributed by atoms with Crippen LogP contribution in [-0.2, 0) is 10.1 Å². The van der Waals surface area contributed by atoms with Crippen molar-refractivity contribution in [2.75, 3.05) is 6.54 Å². The summed E-state index contributed by atoms with van der Waals surface area (Å²) in [5.74, 6) is 0.469. The van der Waals surface area contributed by atoms with Crippen LogP contribution in [0.5, 0.6) is 0 Å². The Morgan fingerprint density at radius 2 is 1.80 bits per heavy atom. The largest absolute Gasteiger partial charge is 0.378 e. The Bertz CT molecular complexity index is 264. The molecule has 0 aliphatic rings. The summed E-state index contributed by atoms with van der Waals surface area (Å²) in [6.07, 6.45) is -0.753. The Hall–Kier alpha value is -0.210. The van der Waals surface area contributed by atoms with E-state index in [1.165, 1.54) is 0 Å². The molecule has 0 saturated carbocycles. The van der Waals surface area contributed by atoms with E-state index >= 15 is 0 Å². The summed E-state index contributed by atoms with van der Waals surface area (Å²) in [5.41, 5.74) is -1.95. The molecule has 0 aliphatic carbocycles. The molecule has 0 aromatic heterocycles. The van der Waals surface area contributed by atoms with Gasteiger partial charge in [-0.25, -0.2) is 0 Å². The van der Waals surface area contributed by atoms with Crippen molar-refractivity contribution in [2.24, 2.45) is 5.92 Å². The fraction of sp³-hybridized carbons (Fsp3) is 1.00. The fourth-order valence-corrected chi connectivity index (χ4v) is 1.36. The van der Waals surface area contributed by atoms with Crippen molar-refractivity contribution < 1.29 is 23.2 Å². The molecule has 0 bridgehead atoms. The van der Waals surface area contributed by atoms with Gasteiger partial charge >= 0.3 is 0 Å². The van der Waals surface area contributed by atoms with Crippen molar-refractivity contribution in [2.45, 2.75) is 38.4 Å². The third kappa shape index (κ3) is 7.69. The molecule has 92 valence electrons. The molecule has 0 rings (SSSR count). The minimum Gasteiger partial charge on any atom is -0.378 e. The zero-order chi connectivity index (χ0) is 12.1. The van der Waals surface area contributed by atoms with Gasteiger partial charge in [-0.05, 0) is 18.9 Å². The second-order valence-corrected chi connectivity index (χ2v) is 5.43. The van der Waals surface area contributed by atoms with E-state index in [1.807, 2.05) is 13.8 Å². The topological polar surface area (TPSA) is 107 Å². The third-order valence-electron chi connectivity index (χ3n) is 1.87. The quantitative estimate of drug-likeness (QED) is 0.355. The summed E-state index contributed by atoms with van der Waals surface area (Å²) in [4.78, 5) is 0. The van der Waals surface area contributed by atoms with Crippen LogP contribution in [0.25, 0.3) is 0 Å². The fourth-order valence-electron chi connectivity index (χ4n) is 0.935. The second-order valence-electron chi connectivity index (χ2n) is 3.86. The first-order valence-electron chi connectivity index (χ1n) is 4.79. The number of aliphatic hydroxyl groups is 2. The molecule has 0 amide bonds. The van der Waals surface area contributed by atoms with Crippen LogP contribution in [0.3, 0.4) is 0 Å². The van der Waals surface area contributed by atoms with E-state index in [9.17, 15) is 13.5 Å². The average Bonchev–Trinajstić information content (AvgIpc) is 2.01. The predicted octanol–water partition coefficient (Wildman–Crippen LogP) is -0.463. The number of hydrogen-bond donors (Lipinski definition) is 4. The number of nitrogens with one attached hydrogen (secondary N) is 1. The van der Waals surface area contributed by atoms with Crippen molar-refractivity contribution in [3.8, 4) is 0 Å². The Kier molecular flexibility index (Phi) is 6.30. The van der Waals surface area contributed by atoms with Crippen LogP contribution in [0.15, 0.2) is 0 Å². The first-order chi connectivity index (χ1) is 6.73. The van der Waals surface area contributed by atoms with Crippen molar-refractivity contribution in [1.29, 1.82) is 0 Å². The van der Waals surface area contributed by atoms with Gasteiger partial charge in [0.05, 0.1) is 0 Å². The second kappa shape index (κ2) is 6.39. The summed E-state index contributed by atoms with van der Waals surface area (Å²) < 4.78 is 29.3. The van der Waals surface area contributed by atoms with E-state index in [1.54, 1.807) is 0 Å². The first kappa shape index (κ1) is 14.8. The van der Waals surface area contributed by atoms with Crippen LogP contribution < -0.4 is 5.32 Å². The molecule has 6 nitrogen and oxygen atoms in total. The Labute approximate surface area is 90.1 Å². The molecule has 4 N–H and O–H groups in total. The maximum absolute atomic E-state index is 10.4. The highest BCUT2D eigenvalue weighted by Crippen LogP contribution is 2.03. The van der Waals surface area contributed by atoms with E-state index in [-0.39, 0.29) is 0 Å². The lowest BCUT2D eigenvalue weighted by molar-refractivity contribution is 0.0855. The molecule has 0 aliphatic heterocycles. The minimum absolute atomic E-state index is 0.447. The van der Waals surface area contributed by atoms with Crippen molar-refractivity contribution in [3.63, 3.8) is 0 Å².